The van der Waals surface area contributed by atoms with Crippen molar-refractivity contribution in [2.24, 2.45) is 0 Å². The van der Waals surface area contributed by atoms with Gasteiger partial charge in [0.15, 0.2) is 0 Å². The number of halogens is 3. The molecular formula is C31H35F3N4O7. The summed E-state index contributed by atoms with van der Waals surface area (Å²) < 4.78 is 51.3. The van der Waals surface area contributed by atoms with E-state index < -0.39 is 73.2 Å². The number of hydrogen-bond acceptors (Lipinski definition) is 6. The molecule has 2 aromatic rings. The molecule has 0 aromatic heterocycles. The highest BCUT2D eigenvalue weighted by Crippen LogP contribution is 2.50. The number of ether oxygens (including phenoxy) is 1. The summed E-state index contributed by atoms with van der Waals surface area (Å²) >= 11 is 0. The van der Waals surface area contributed by atoms with E-state index in [4.69, 9.17) is 4.74 Å². The molecular weight excluding hydrogens is 597 g/mol. The number of fused-ring (bicyclic) bond motifs is 3. The van der Waals surface area contributed by atoms with Crippen LogP contribution in [0.25, 0.3) is 11.1 Å². The zero-order valence-electron chi connectivity index (χ0n) is 25.3. The van der Waals surface area contributed by atoms with E-state index in [9.17, 15) is 37.9 Å². The van der Waals surface area contributed by atoms with E-state index >= 15 is 4.39 Å². The van der Waals surface area contributed by atoms with Crippen molar-refractivity contribution in [3.8, 4) is 11.1 Å². The Balaban J connectivity index is 1.45. The summed E-state index contributed by atoms with van der Waals surface area (Å²) in [6.45, 7) is 3.95. The van der Waals surface area contributed by atoms with Crippen LogP contribution < -0.4 is 10.6 Å². The lowest BCUT2D eigenvalue weighted by Crippen LogP contribution is -2.49. The van der Waals surface area contributed by atoms with E-state index in [1.54, 1.807) is 26.8 Å². The van der Waals surface area contributed by atoms with Crippen molar-refractivity contribution in [1.29, 1.82) is 0 Å². The zero-order chi connectivity index (χ0) is 33.3. The summed E-state index contributed by atoms with van der Waals surface area (Å²) in [5.74, 6) is -6.75. The molecule has 4 rings (SSSR count). The maximum Gasteiger partial charge on any atom is 0.410 e. The van der Waals surface area contributed by atoms with Crippen LogP contribution in [0.2, 0.25) is 0 Å². The van der Waals surface area contributed by atoms with Crippen LogP contribution in [-0.4, -0.2) is 94.7 Å². The first-order valence-electron chi connectivity index (χ1n) is 14.3. The normalized spacial score (nSPS) is 19.7. The Bertz CT molecular complexity index is 1530. The number of nitrogens with one attached hydrogen (secondary N) is 2. The summed E-state index contributed by atoms with van der Waals surface area (Å²) in [6.07, 6.45) is -1.52. The molecule has 0 saturated carbocycles. The lowest BCUT2D eigenvalue weighted by Gasteiger charge is -2.31. The maximum absolute atomic E-state index is 16.2. The summed E-state index contributed by atoms with van der Waals surface area (Å²) in [4.78, 5) is 63.9. The Hall–Kier alpha value is -4.62. The van der Waals surface area contributed by atoms with Gasteiger partial charge in [-0.3, -0.25) is 14.4 Å². The van der Waals surface area contributed by atoms with Gasteiger partial charge in [-0.05, 0) is 44.0 Å². The quantitative estimate of drug-likeness (QED) is 0.385. The molecule has 3 N–H and O–H groups in total. The minimum Gasteiger partial charge on any atom is -0.480 e. The molecule has 1 saturated heterocycles. The first kappa shape index (κ1) is 33.3. The van der Waals surface area contributed by atoms with Crippen molar-refractivity contribution >= 4 is 29.8 Å². The van der Waals surface area contributed by atoms with Gasteiger partial charge in [0.05, 0.1) is 19.6 Å². The fourth-order valence-electron chi connectivity index (χ4n) is 5.48. The topological polar surface area (TPSA) is 145 Å². The van der Waals surface area contributed by atoms with Gasteiger partial charge < -0.3 is 30.3 Å². The van der Waals surface area contributed by atoms with Gasteiger partial charge in [0.1, 0.15) is 17.3 Å². The lowest BCUT2D eigenvalue weighted by atomic mass is 10.0. The molecule has 45 heavy (non-hydrogen) atoms. The van der Waals surface area contributed by atoms with Crippen molar-refractivity contribution in [3.63, 3.8) is 0 Å². The molecule has 1 aliphatic carbocycles. The maximum atomic E-state index is 16.2. The van der Waals surface area contributed by atoms with Gasteiger partial charge in [0, 0.05) is 43.1 Å². The second-order valence-electron chi connectivity index (χ2n) is 12.2. The number of carbonyl (C=O) groups is 5. The Kier molecular flexibility index (Phi) is 9.17. The van der Waals surface area contributed by atoms with Crippen LogP contribution in [0, 0.1) is 0 Å². The van der Waals surface area contributed by atoms with Crippen LogP contribution in [-0.2, 0) is 25.0 Å². The lowest BCUT2D eigenvalue weighted by molar-refractivity contribution is -0.147. The second-order valence-corrected chi connectivity index (χ2v) is 12.2. The number of nitrogens with zero attached hydrogens (tertiary/aromatic N) is 2. The summed E-state index contributed by atoms with van der Waals surface area (Å²) in [5, 5.41) is 14.6. The van der Waals surface area contributed by atoms with E-state index in [2.05, 4.69) is 10.6 Å². The van der Waals surface area contributed by atoms with E-state index in [0.717, 1.165) is 15.9 Å². The van der Waals surface area contributed by atoms with Crippen molar-refractivity contribution in [2.75, 3.05) is 32.7 Å². The Labute approximate surface area is 257 Å². The highest BCUT2D eigenvalue weighted by Gasteiger charge is 2.51. The number of carbonyl (C=O) groups excluding carboxylic acids is 4. The first-order valence-corrected chi connectivity index (χ1v) is 14.3. The number of carboxylic acid groups (broad SMARTS) is 1. The molecule has 2 aliphatic rings. The van der Waals surface area contributed by atoms with Crippen LogP contribution in [0.5, 0.6) is 0 Å². The van der Waals surface area contributed by atoms with Gasteiger partial charge in [-0.2, -0.15) is 8.78 Å². The van der Waals surface area contributed by atoms with Gasteiger partial charge in [-0.1, -0.05) is 30.3 Å². The number of carboxylic acids is 1. The molecule has 0 bridgehead atoms. The zero-order valence-corrected chi connectivity index (χ0v) is 25.3. The van der Waals surface area contributed by atoms with Crippen LogP contribution in [0.4, 0.5) is 18.0 Å². The fraction of sp³-hybridized carbons (Fsp3) is 0.452. The van der Waals surface area contributed by atoms with Crippen molar-refractivity contribution in [3.05, 3.63) is 59.2 Å². The average Bonchev–Trinajstić information content (AvgIpc) is 3.42. The van der Waals surface area contributed by atoms with Crippen molar-refractivity contribution in [1.82, 2.24) is 20.4 Å². The third-order valence-electron chi connectivity index (χ3n) is 7.45. The van der Waals surface area contributed by atoms with Gasteiger partial charge in [-0.25, -0.2) is 14.0 Å². The molecule has 0 radical (unpaired) electrons. The number of benzene rings is 2. The van der Waals surface area contributed by atoms with Crippen LogP contribution in [0.1, 0.15) is 55.6 Å². The smallest absolute Gasteiger partial charge is 0.410 e. The second kappa shape index (κ2) is 12.4. The molecule has 2 atom stereocenters. The monoisotopic (exact) mass is 632 g/mol. The minimum absolute atomic E-state index is 0.00253. The van der Waals surface area contributed by atoms with Gasteiger partial charge in [-0.15, -0.1) is 0 Å². The highest BCUT2D eigenvalue weighted by atomic mass is 19.3. The van der Waals surface area contributed by atoms with Crippen molar-refractivity contribution < 1.29 is 47.0 Å². The number of rotatable bonds is 9. The highest BCUT2D eigenvalue weighted by molar-refractivity contribution is 5.99. The first-order chi connectivity index (χ1) is 20.9. The van der Waals surface area contributed by atoms with Crippen LogP contribution >= 0.6 is 0 Å². The van der Waals surface area contributed by atoms with Gasteiger partial charge >= 0.3 is 12.1 Å². The Morgan fingerprint density at radius 1 is 1.02 bits per heavy atom. The SMILES string of the molecule is CC(=O)NCCN(C[C@@]1(F)C[C@@H](C(=O)O)N(C(=O)CNC(=O)c2ccc3c(c2)-c2ccccc2C3(F)F)C1)C(=O)OC(C)(C)C. The predicted molar refractivity (Wildman–Crippen MR) is 155 cm³/mol. The molecule has 1 aliphatic heterocycles. The standard InChI is InChI=1S/C31H35F3N4O7/c1-18(39)35-11-12-37(28(44)45-29(2,3)4)16-30(32)14-24(27(42)43)38(17-30)25(40)15-36-26(41)19-9-10-23-21(13-19)20-7-5-6-8-22(20)31(23,33)34/h5-10,13,24H,11-12,14-17H2,1-4H3,(H,35,39)(H,36,41)(H,42,43)/t24-,30-/m0/s1. The summed E-state index contributed by atoms with van der Waals surface area (Å²) in [5.41, 5.74) is -3.26. The fourth-order valence-corrected chi connectivity index (χ4v) is 5.48. The Morgan fingerprint density at radius 3 is 2.33 bits per heavy atom. The van der Waals surface area contributed by atoms with E-state index in [0.29, 0.717) is 0 Å². The van der Waals surface area contributed by atoms with E-state index in [-0.39, 0.29) is 46.8 Å². The molecule has 0 spiro atoms. The van der Waals surface area contributed by atoms with Crippen LogP contribution in [0.3, 0.4) is 0 Å². The molecule has 11 nitrogen and oxygen atoms in total. The number of aliphatic carboxylic acids is 1. The molecule has 2 aromatic carbocycles. The van der Waals surface area contributed by atoms with Gasteiger partial charge in [0.2, 0.25) is 11.8 Å². The summed E-state index contributed by atoms with van der Waals surface area (Å²) in [6, 6.07) is 7.98. The number of alkyl halides is 3. The summed E-state index contributed by atoms with van der Waals surface area (Å²) in [7, 11) is 0. The minimum atomic E-state index is -3.24. The number of hydrogen-bond donors (Lipinski definition) is 3. The Morgan fingerprint density at radius 2 is 1.69 bits per heavy atom. The molecule has 0 unspecified atom stereocenters. The van der Waals surface area contributed by atoms with E-state index in [1.165, 1.54) is 37.3 Å². The van der Waals surface area contributed by atoms with Crippen molar-refractivity contribution in [2.45, 2.75) is 57.3 Å². The number of amides is 4. The van der Waals surface area contributed by atoms with E-state index in [1.807, 2.05) is 0 Å². The third-order valence-corrected chi connectivity index (χ3v) is 7.45. The molecule has 242 valence electrons. The predicted octanol–water partition coefficient (Wildman–Crippen LogP) is 3.30. The molecule has 14 heteroatoms. The molecule has 1 fully saturated rings. The molecule has 1 heterocycles. The number of likely N-dealkylation sites (tertiary alicyclic amines) is 1. The largest absolute Gasteiger partial charge is 0.480 e. The third kappa shape index (κ3) is 7.37. The average molecular weight is 633 g/mol. The molecule has 4 amide bonds. The van der Waals surface area contributed by atoms with Crippen LogP contribution in [0.15, 0.2) is 42.5 Å². The van der Waals surface area contributed by atoms with Gasteiger partial charge in [0.25, 0.3) is 11.8 Å².